The van der Waals surface area contributed by atoms with Gasteiger partial charge < -0.3 is 10.5 Å². The van der Waals surface area contributed by atoms with Crippen molar-refractivity contribution in [3.8, 4) is 5.88 Å². The fourth-order valence-electron chi connectivity index (χ4n) is 1.11. The van der Waals surface area contributed by atoms with Crippen LogP contribution in [0.15, 0.2) is 16.9 Å². The molecular formula is C8H10F3N3O2. The lowest BCUT2D eigenvalue weighted by Crippen LogP contribution is -2.40. The summed E-state index contributed by atoms with van der Waals surface area (Å²) in [5.41, 5.74) is 4.11. The lowest BCUT2D eigenvalue weighted by Gasteiger charge is -2.19. The zero-order chi connectivity index (χ0) is 12.3. The number of ether oxygens (including phenoxy) is 1. The van der Waals surface area contributed by atoms with Crippen molar-refractivity contribution in [2.75, 3.05) is 13.7 Å². The van der Waals surface area contributed by atoms with E-state index in [1.54, 1.807) is 0 Å². The maximum Gasteiger partial charge on any atom is 0.412 e. The topological polar surface area (TPSA) is 70.1 Å². The van der Waals surface area contributed by atoms with E-state index in [-0.39, 0.29) is 10.6 Å². The molecule has 0 saturated heterocycles. The van der Waals surface area contributed by atoms with Gasteiger partial charge in [-0.2, -0.15) is 13.2 Å². The first-order valence-electron chi connectivity index (χ1n) is 4.30. The third kappa shape index (κ3) is 2.51. The van der Waals surface area contributed by atoms with Crippen LogP contribution in [0.4, 0.5) is 13.2 Å². The average Bonchev–Trinajstić information content (AvgIpc) is 2.20. The highest BCUT2D eigenvalue weighted by atomic mass is 19.4. The largest absolute Gasteiger partial charge is 0.480 e. The summed E-state index contributed by atoms with van der Waals surface area (Å²) in [6, 6.07) is -0.0154. The van der Waals surface area contributed by atoms with Crippen molar-refractivity contribution >= 4 is 0 Å². The Morgan fingerprint density at radius 1 is 1.56 bits per heavy atom. The highest BCUT2D eigenvalue weighted by molar-refractivity contribution is 5.06. The van der Waals surface area contributed by atoms with E-state index in [4.69, 9.17) is 5.73 Å². The number of nitrogens with two attached hydrogens (primary N) is 1. The molecule has 1 aromatic rings. The summed E-state index contributed by atoms with van der Waals surface area (Å²) in [6.45, 7) is -0.760. The minimum Gasteiger partial charge on any atom is -0.480 e. The van der Waals surface area contributed by atoms with Crippen LogP contribution in [-0.2, 0) is 0 Å². The van der Waals surface area contributed by atoms with E-state index in [1.807, 2.05) is 0 Å². The Balaban J connectivity index is 3.24. The van der Waals surface area contributed by atoms with Gasteiger partial charge in [-0.05, 0) is 0 Å². The standard InChI is InChI=1S/C8H10F3N3O2/c1-16-6-2-3-7(15)14(13-6)5(4-12)8(9,10)11/h2-3,5H,4,12H2,1H3. The van der Waals surface area contributed by atoms with Gasteiger partial charge in [0.2, 0.25) is 5.88 Å². The SMILES string of the molecule is COc1ccc(=O)n(C(CN)C(F)(F)F)n1. The second-order valence-corrected chi connectivity index (χ2v) is 2.95. The fraction of sp³-hybridized carbons (Fsp3) is 0.500. The molecule has 1 rings (SSSR count). The molecule has 0 radical (unpaired) electrons. The van der Waals surface area contributed by atoms with Crippen LogP contribution in [-0.4, -0.2) is 29.6 Å². The van der Waals surface area contributed by atoms with Crippen LogP contribution in [0.25, 0.3) is 0 Å². The van der Waals surface area contributed by atoms with E-state index < -0.39 is 24.3 Å². The normalized spacial score (nSPS) is 13.6. The van der Waals surface area contributed by atoms with Crippen LogP contribution in [0.3, 0.4) is 0 Å². The van der Waals surface area contributed by atoms with E-state index in [9.17, 15) is 18.0 Å². The predicted molar refractivity (Wildman–Crippen MR) is 49.2 cm³/mol. The Labute approximate surface area is 88.6 Å². The molecule has 0 fully saturated rings. The van der Waals surface area contributed by atoms with Crippen LogP contribution in [0.1, 0.15) is 6.04 Å². The van der Waals surface area contributed by atoms with Crippen molar-refractivity contribution in [3.05, 3.63) is 22.5 Å². The third-order valence-electron chi connectivity index (χ3n) is 1.91. The molecule has 0 aliphatic rings. The second kappa shape index (κ2) is 4.52. The number of hydrogen-bond donors (Lipinski definition) is 1. The molecule has 16 heavy (non-hydrogen) atoms. The van der Waals surface area contributed by atoms with Gasteiger partial charge in [-0.1, -0.05) is 0 Å². The molecular weight excluding hydrogens is 227 g/mol. The van der Waals surface area contributed by atoms with Crippen LogP contribution < -0.4 is 16.0 Å². The maximum absolute atomic E-state index is 12.5. The fourth-order valence-corrected chi connectivity index (χ4v) is 1.11. The van der Waals surface area contributed by atoms with Gasteiger partial charge in [0.05, 0.1) is 7.11 Å². The lowest BCUT2D eigenvalue weighted by atomic mass is 10.3. The number of halogens is 3. The van der Waals surface area contributed by atoms with Crippen molar-refractivity contribution in [3.63, 3.8) is 0 Å². The number of rotatable bonds is 3. The molecule has 0 amide bonds. The molecule has 0 aliphatic heterocycles. The zero-order valence-electron chi connectivity index (χ0n) is 8.36. The first kappa shape index (κ1) is 12.5. The predicted octanol–water partition coefficient (Wildman–Crippen LogP) is 0.314. The Bertz CT molecular complexity index is 416. The van der Waals surface area contributed by atoms with E-state index in [2.05, 4.69) is 9.84 Å². The van der Waals surface area contributed by atoms with E-state index in [0.29, 0.717) is 0 Å². The van der Waals surface area contributed by atoms with E-state index in [0.717, 1.165) is 6.07 Å². The van der Waals surface area contributed by atoms with Gasteiger partial charge in [0.25, 0.3) is 5.56 Å². The van der Waals surface area contributed by atoms with Crippen molar-refractivity contribution in [2.45, 2.75) is 12.2 Å². The summed E-state index contributed by atoms with van der Waals surface area (Å²) >= 11 is 0. The van der Waals surface area contributed by atoms with Crippen LogP contribution >= 0.6 is 0 Å². The van der Waals surface area contributed by atoms with Gasteiger partial charge in [0, 0.05) is 18.7 Å². The molecule has 1 aromatic heterocycles. The van der Waals surface area contributed by atoms with Gasteiger partial charge in [0.15, 0.2) is 6.04 Å². The van der Waals surface area contributed by atoms with Gasteiger partial charge >= 0.3 is 6.18 Å². The zero-order valence-corrected chi connectivity index (χ0v) is 8.36. The van der Waals surface area contributed by atoms with Crippen molar-refractivity contribution in [1.82, 2.24) is 9.78 Å². The van der Waals surface area contributed by atoms with Crippen LogP contribution in [0.2, 0.25) is 0 Å². The Morgan fingerprint density at radius 3 is 2.62 bits per heavy atom. The van der Waals surface area contributed by atoms with Crippen LogP contribution in [0, 0.1) is 0 Å². The number of nitrogens with zero attached hydrogens (tertiary/aromatic N) is 2. The van der Waals surface area contributed by atoms with Crippen molar-refractivity contribution < 1.29 is 17.9 Å². The minimum absolute atomic E-state index is 0.0812. The average molecular weight is 237 g/mol. The molecule has 0 spiro atoms. The van der Waals surface area contributed by atoms with E-state index in [1.165, 1.54) is 13.2 Å². The highest BCUT2D eigenvalue weighted by Crippen LogP contribution is 2.28. The van der Waals surface area contributed by atoms with E-state index >= 15 is 0 Å². The summed E-state index contributed by atoms with van der Waals surface area (Å²) in [6.07, 6.45) is -4.63. The molecule has 0 bridgehead atoms. The van der Waals surface area contributed by atoms with Gasteiger partial charge in [-0.3, -0.25) is 4.79 Å². The first-order chi connectivity index (χ1) is 7.40. The summed E-state index contributed by atoms with van der Waals surface area (Å²) in [4.78, 5) is 11.2. The van der Waals surface area contributed by atoms with Gasteiger partial charge in [0.1, 0.15) is 0 Å². The molecule has 8 heteroatoms. The highest BCUT2D eigenvalue weighted by Gasteiger charge is 2.41. The molecule has 90 valence electrons. The number of aromatic nitrogens is 2. The van der Waals surface area contributed by atoms with Crippen molar-refractivity contribution in [2.24, 2.45) is 5.73 Å². The molecule has 0 saturated carbocycles. The smallest absolute Gasteiger partial charge is 0.412 e. The second-order valence-electron chi connectivity index (χ2n) is 2.95. The van der Waals surface area contributed by atoms with Gasteiger partial charge in [-0.25, -0.2) is 4.68 Å². The number of methoxy groups -OCH3 is 1. The molecule has 1 heterocycles. The van der Waals surface area contributed by atoms with Crippen molar-refractivity contribution in [1.29, 1.82) is 0 Å². The minimum atomic E-state index is -4.63. The molecule has 5 nitrogen and oxygen atoms in total. The van der Waals surface area contributed by atoms with Crippen LogP contribution in [0.5, 0.6) is 5.88 Å². The quantitative estimate of drug-likeness (QED) is 0.821. The molecule has 2 N–H and O–H groups in total. The third-order valence-corrected chi connectivity index (χ3v) is 1.91. The molecule has 1 unspecified atom stereocenters. The number of alkyl halides is 3. The lowest BCUT2D eigenvalue weighted by molar-refractivity contribution is -0.168. The Morgan fingerprint density at radius 2 is 2.19 bits per heavy atom. The monoisotopic (exact) mass is 237 g/mol. The summed E-state index contributed by atoms with van der Waals surface area (Å²) in [7, 11) is 1.24. The Kier molecular flexibility index (Phi) is 3.53. The molecule has 0 aliphatic carbocycles. The van der Waals surface area contributed by atoms with Gasteiger partial charge in [-0.15, -0.1) is 5.10 Å². The number of hydrogen-bond acceptors (Lipinski definition) is 4. The summed E-state index contributed by atoms with van der Waals surface area (Å²) in [5.74, 6) is -0.0812. The molecule has 1 atom stereocenters. The maximum atomic E-state index is 12.5. The Hall–Kier alpha value is -1.57. The molecule has 0 aromatic carbocycles. The summed E-state index contributed by atoms with van der Waals surface area (Å²) in [5, 5.41) is 3.41. The first-order valence-corrected chi connectivity index (χ1v) is 4.30. The summed E-state index contributed by atoms with van der Waals surface area (Å²) < 4.78 is 42.4.